The van der Waals surface area contributed by atoms with Gasteiger partial charge in [-0.15, -0.1) is 0 Å². The number of ether oxygens (including phenoxy) is 1. The lowest BCUT2D eigenvalue weighted by atomic mass is 9.96. The number of rotatable bonds is 4. The lowest BCUT2D eigenvalue weighted by Crippen LogP contribution is -2.31. The maximum Gasteiger partial charge on any atom is 0.0700 e. The summed E-state index contributed by atoms with van der Waals surface area (Å²) >= 11 is 0. The van der Waals surface area contributed by atoms with Crippen LogP contribution in [0, 0.1) is 5.92 Å². The highest BCUT2D eigenvalue weighted by molar-refractivity contribution is 4.92. The van der Waals surface area contributed by atoms with Gasteiger partial charge in [0.05, 0.1) is 5.60 Å². The fraction of sp³-hybridized carbons (Fsp3) is 1.00. The molecule has 1 atom stereocenters. The van der Waals surface area contributed by atoms with E-state index in [1.807, 2.05) is 0 Å². The standard InChI is InChI=1S/C8H16O2/c1-8(10-2,5-6-9)7-3-4-7/h7,9H,3-6H2,1-2H3. The summed E-state index contributed by atoms with van der Waals surface area (Å²) in [6.07, 6.45) is 3.31. The molecule has 0 aromatic rings. The van der Waals surface area contributed by atoms with Gasteiger partial charge in [0, 0.05) is 13.7 Å². The Morgan fingerprint density at radius 2 is 2.20 bits per heavy atom. The molecular formula is C8H16O2. The van der Waals surface area contributed by atoms with Crippen LogP contribution in [0.4, 0.5) is 0 Å². The molecular weight excluding hydrogens is 128 g/mol. The predicted octanol–water partition coefficient (Wildman–Crippen LogP) is 1.18. The van der Waals surface area contributed by atoms with E-state index in [0.29, 0.717) is 5.92 Å². The van der Waals surface area contributed by atoms with Gasteiger partial charge in [0.25, 0.3) is 0 Å². The number of aliphatic hydroxyl groups excluding tert-OH is 1. The van der Waals surface area contributed by atoms with Crippen molar-refractivity contribution in [2.75, 3.05) is 13.7 Å². The van der Waals surface area contributed by atoms with Crippen molar-refractivity contribution >= 4 is 0 Å². The molecule has 1 fully saturated rings. The third-order valence-electron chi connectivity index (χ3n) is 2.52. The lowest BCUT2D eigenvalue weighted by Gasteiger charge is -2.26. The van der Waals surface area contributed by atoms with E-state index in [1.165, 1.54) is 12.8 Å². The minimum atomic E-state index is -0.0469. The average Bonchev–Trinajstić information content (AvgIpc) is 2.69. The van der Waals surface area contributed by atoms with Crippen LogP contribution >= 0.6 is 0 Å². The van der Waals surface area contributed by atoms with Crippen LogP contribution in [0.3, 0.4) is 0 Å². The number of hydrogen-bond donors (Lipinski definition) is 1. The smallest absolute Gasteiger partial charge is 0.0700 e. The fourth-order valence-corrected chi connectivity index (χ4v) is 1.39. The molecule has 0 heterocycles. The van der Waals surface area contributed by atoms with Crippen LogP contribution in [0.1, 0.15) is 26.2 Å². The van der Waals surface area contributed by atoms with Crippen molar-refractivity contribution in [1.82, 2.24) is 0 Å². The van der Waals surface area contributed by atoms with E-state index in [4.69, 9.17) is 9.84 Å². The summed E-state index contributed by atoms with van der Waals surface area (Å²) in [5.41, 5.74) is -0.0469. The van der Waals surface area contributed by atoms with Crippen LogP contribution in [0.15, 0.2) is 0 Å². The molecule has 0 aliphatic heterocycles. The van der Waals surface area contributed by atoms with E-state index in [0.717, 1.165) is 6.42 Å². The maximum atomic E-state index is 8.73. The largest absolute Gasteiger partial charge is 0.396 e. The van der Waals surface area contributed by atoms with Crippen LogP contribution in [-0.4, -0.2) is 24.4 Å². The number of methoxy groups -OCH3 is 1. The summed E-state index contributed by atoms with van der Waals surface area (Å²) in [5.74, 6) is 0.699. The lowest BCUT2D eigenvalue weighted by molar-refractivity contribution is -0.0306. The zero-order valence-corrected chi connectivity index (χ0v) is 6.76. The van der Waals surface area contributed by atoms with Crippen LogP contribution in [0.25, 0.3) is 0 Å². The first kappa shape index (κ1) is 8.02. The van der Waals surface area contributed by atoms with Crippen LogP contribution < -0.4 is 0 Å². The zero-order valence-electron chi connectivity index (χ0n) is 6.76. The zero-order chi connectivity index (χ0) is 7.61. The first-order chi connectivity index (χ1) is 4.73. The number of hydrogen-bond acceptors (Lipinski definition) is 2. The molecule has 10 heavy (non-hydrogen) atoms. The molecule has 0 spiro atoms. The molecule has 1 aliphatic carbocycles. The Morgan fingerprint density at radius 1 is 1.60 bits per heavy atom. The Hall–Kier alpha value is -0.0800. The second kappa shape index (κ2) is 2.89. The van der Waals surface area contributed by atoms with Crippen LogP contribution in [0.5, 0.6) is 0 Å². The highest BCUT2D eigenvalue weighted by atomic mass is 16.5. The summed E-state index contributed by atoms with van der Waals surface area (Å²) in [7, 11) is 1.73. The van der Waals surface area contributed by atoms with Crippen molar-refractivity contribution in [3.8, 4) is 0 Å². The molecule has 60 valence electrons. The Balaban J connectivity index is 2.39. The van der Waals surface area contributed by atoms with Gasteiger partial charge in [-0.25, -0.2) is 0 Å². The van der Waals surface area contributed by atoms with E-state index in [2.05, 4.69) is 6.92 Å². The Labute approximate surface area is 62.2 Å². The van der Waals surface area contributed by atoms with Gasteiger partial charge in [-0.05, 0) is 32.1 Å². The first-order valence-corrected chi connectivity index (χ1v) is 3.89. The molecule has 1 N–H and O–H groups in total. The van der Waals surface area contributed by atoms with E-state index >= 15 is 0 Å². The Kier molecular flexibility index (Phi) is 2.32. The summed E-state index contributed by atoms with van der Waals surface area (Å²) in [4.78, 5) is 0. The molecule has 1 rings (SSSR count). The van der Waals surface area contributed by atoms with E-state index in [9.17, 15) is 0 Å². The molecule has 0 aromatic carbocycles. The van der Waals surface area contributed by atoms with Gasteiger partial charge in [0.15, 0.2) is 0 Å². The Morgan fingerprint density at radius 3 is 2.50 bits per heavy atom. The molecule has 0 bridgehead atoms. The average molecular weight is 144 g/mol. The van der Waals surface area contributed by atoms with Gasteiger partial charge >= 0.3 is 0 Å². The minimum Gasteiger partial charge on any atom is -0.396 e. The molecule has 1 saturated carbocycles. The topological polar surface area (TPSA) is 29.5 Å². The quantitative estimate of drug-likeness (QED) is 0.642. The van der Waals surface area contributed by atoms with Crippen molar-refractivity contribution in [1.29, 1.82) is 0 Å². The second-order valence-electron chi connectivity index (χ2n) is 3.26. The molecule has 0 aromatic heterocycles. The molecule has 2 heteroatoms. The summed E-state index contributed by atoms with van der Waals surface area (Å²) < 4.78 is 5.34. The van der Waals surface area contributed by atoms with E-state index in [1.54, 1.807) is 7.11 Å². The minimum absolute atomic E-state index is 0.0469. The van der Waals surface area contributed by atoms with Crippen LogP contribution in [-0.2, 0) is 4.74 Å². The number of aliphatic hydroxyl groups is 1. The summed E-state index contributed by atoms with van der Waals surface area (Å²) in [6.45, 7) is 2.32. The first-order valence-electron chi connectivity index (χ1n) is 3.89. The fourth-order valence-electron chi connectivity index (χ4n) is 1.39. The van der Waals surface area contributed by atoms with Gasteiger partial charge in [-0.2, -0.15) is 0 Å². The third-order valence-corrected chi connectivity index (χ3v) is 2.52. The maximum absolute atomic E-state index is 8.73. The molecule has 0 amide bonds. The van der Waals surface area contributed by atoms with Crippen molar-refractivity contribution in [3.05, 3.63) is 0 Å². The molecule has 0 radical (unpaired) electrons. The van der Waals surface area contributed by atoms with Crippen molar-refractivity contribution in [3.63, 3.8) is 0 Å². The van der Waals surface area contributed by atoms with Crippen molar-refractivity contribution < 1.29 is 9.84 Å². The molecule has 1 aliphatic rings. The third kappa shape index (κ3) is 1.50. The molecule has 0 saturated heterocycles. The van der Waals surface area contributed by atoms with Gasteiger partial charge in [-0.3, -0.25) is 0 Å². The Bertz CT molecular complexity index is 110. The monoisotopic (exact) mass is 144 g/mol. The second-order valence-corrected chi connectivity index (χ2v) is 3.26. The van der Waals surface area contributed by atoms with Crippen LogP contribution in [0.2, 0.25) is 0 Å². The SMILES string of the molecule is COC(C)(CCO)C1CC1. The molecule has 1 unspecified atom stereocenters. The van der Waals surface area contributed by atoms with Gasteiger partial charge in [0.1, 0.15) is 0 Å². The highest BCUT2D eigenvalue weighted by Crippen LogP contribution is 2.43. The van der Waals surface area contributed by atoms with Gasteiger partial charge < -0.3 is 9.84 Å². The highest BCUT2D eigenvalue weighted by Gasteiger charge is 2.40. The normalized spacial score (nSPS) is 24.3. The van der Waals surface area contributed by atoms with E-state index in [-0.39, 0.29) is 12.2 Å². The summed E-state index contributed by atoms with van der Waals surface area (Å²) in [6, 6.07) is 0. The van der Waals surface area contributed by atoms with E-state index < -0.39 is 0 Å². The predicted molar refractivity (Wildman–Crippen MR) is 39.8 cm³/mol. The molecule has 2 nitrogen and oxygen atoms in total. The van der Waals surface area contributed by atoms with Crippen molar-refractivity contribution in [2.24, 2.45) is 5.92 Å². The van der Waals surface area contributed by atoms with Gasteiger partial charge in [0.2, 0.25) is 0 Å². The summed E-state index contributed by atoms with van der Waals surface area (Å²) in [5, 5.41) is 8.73. The van der Waals surface area contributed by atoms with Crippen molar-refractivity contribution in [2.45, 2.75) is 31.8 Å². The van der Waals surface area contributed by atoms with Gasteiger partial charge in [-0.1, -0.05) is 0 Å².